The van der Waals surface area contributed by atoms with Crippen molar-refractivity contribution in [2.45, 2.75) is 18.0 Å². The molecular weight excluding hydrogens is 346 g/mol. The Bertz CT molecular complexity index is 905. The molecule has 0 bridgehead atoms. The Labute approximate surface area is 135 Å². The summed E-state index contributed by atoms with van der Waals surface area (Å²) < 4.78 is 65.5. The SMILES string of the molecule is O=C(OCc1ccc(C2CO2)c2ccccc12)C(F)(F)S(=O)(=O)O. The van der Waals surface area contributed by atoms with Gasteiger partial charge in [-0.25, -0.2) is 4.79 Å². The van der Waals surface area contributed by atoms with Crippen molar-refractivity contribution in [3.8, 4) is 0 Å². The summed E-state index contributed by atoms with van der Waals surface area (Å²) in [5.41, 5.74) is 1.36. The summed E-state index contributed by atoms with van der Waals surface area (Å²) >= 11 is 0. The van der Waals surface area contributed by atoms with Gasteiger partial charge in [0.25, 0.3) is 0 Å². The number of alkyl halides is 2. The van der Waals surface area contributed by atoms with Crippen LogP contribution in [0.1, 0.15) is 17.2 Å². The van der Waals surface area contributed by atoms with Crippen LogP contribution in [-0.4, -0.2) is 30.8 Å². The maximum absolute atomic E-state index is 13.2. The summed E-state index contributed by atoms with van der Waals surface area (Å²) in [4.78, 5) is 11.3. The number of carbonyl (C=O) groups excluding carboxylic acids is 1. The highest BCUT2D eigenvalue weighted by molar-refractivity contribution is 7.87. The lowest BCUT2D eigenvalue weighted by atomic mass is 9.98. The van der Waals surface area contributed by atoms with Crippen molar-refractivity contribution in [1.82, 2.24) is 0 Å². The van der Waals surface area contributed by atoms with Gasteiger partial charge in [0.05, 0.1) is 6.61 Å². The van der Waals surface area contributed by atoms with E-state index < -0.39 is 27.9 Å². The molecule has 1 aliphatic rings. The van der Waals surface area contributed by atoms with E-state index in [-0.39, 0.29) is 6.10 Å². The fourth-order valence-electron chi connectivity index (χ4n) is 2.35. The minimum Gasteiger partial charge on any atom is -0.455 e. The third-order valence-electron chi connectivity index (χ3n) is 3.65. The summed E-state index contributed by atoms with van der Waals surface area (Å²) in [5, 5.41) is -3.51. The van der Waals surface area contributed by atoms with Crippen molar-refractivity contribution < 1.29 is 36.0 Å². The number of fused-ring (bicyclic) bond motifs is 1. The number of rotatable bonds is 5. The number of esters is 1. The molecule has 0 aromatic heterocycles. The van der Waals surface area contributed by atoms with E-state index in [9.17, 15) is 22.0 Å². The van der Waals surface area contributed by atoms with Gasteiger partial charge in [-0.15, -0.1) is 0 Å². The second-order valence-corrected chi connectivity index (χ2v) is 6.71. The van der Waals surface area contributed by atoms with Crippen LogP contribution in [0.15, 0.2) is 36.4 Å². The first-order chi connectivity index (χ1) is 11.2. The van der Waals surface area contributed by atoms with Crippen LogP contribution < -0.4 is 0 Å². The topological polar surface area (TPSA) is 93.2 Å². The van der Waals surface area contributed by atoms with Crippen molar-refractivity contribution in [2.24, 2.45) is 0 Å². The Morgan fingerprint density at radius 1 is 1.25 bits per heavy atom. The molecular formula is C15H12F2O6S. The Balaban J connectivity index is 1.86. The quantitative estimate of drug-likeness (QED) is 0.501. The number of ether oxygens (including phenoxy) is 2. The van der Waals surface area contributed by atoms with Crippen LogP contribution in [0.2, 0.25) is 0 Å². The molecule has 1 unspecified atom stereocenters. The molecule has 128 valence electrons. The Morgan fingerprint density at radius 2 is 1.88 bits per heavy atom. The Hall–Kier alpha value is -2.10. The van der Waals surface area contributed by atoms with Gasteiger partial charge in [-0.1, -0.05) is 36.4 Å². The summed E-state index contributed by atoms with van der Waals surface area (Å²) in [7, 11) is -5.88. The Kier molecular flexibility index (Phi) is 4.02. The number of hydrogen-bond acceptors (Lipinski definition) is 5. The van der Waals surface area contributed by atoms with Gasteiger partial charge >= 0.3 is 21.3 Å². The first-order valence-corrected chi connectivity index (χ1v) is 8.30. The summed E-state index contributed by atoms with van der Waals surface area (Å²) in [5.74, 6) is -2.33. The van der Waals surface area contributed by atoms with E-state index in [4.69, 9.17) is 9.29 Å². The second kappa shape index (κ2) is 5.76. The van der Waals surface area contributed by atoms with Crippen molar-refractivity contribution in [3.63, 3.8) is 0 Å². The number of epoxide rings is 1. The van der Waals surface area contributed by atoms with E-state index in [0.717, 1.165) is 10.9 Å². The predicted molar refractivity (Wildman–Crippen MR) is 78.9 cm³/mol. The van der Waals surface area contributed by atoms with Gasteiger partial charge in [0.1, 0.15) is 12.7 Å². The van der Waals surface area contributed by atoms with Crippen molar-refractivity contribution in [3.05, 3.63) is 47.5 Å². The summed E-state index contributed by atoms with van der Waals surface area (Å²) in [6, 6.07) is 10.4. The van der Waals surface area contributed by atoms with Crippen LogP contribution in [0.3, 0.4) is 0 Å². The number of halogens is 2. The maximum Gasteiger partial charge on any atom is 0.465 e. The van der Waals surface area contributed by atoms with E-state index >= 15 is 0 Å². The molecule has 1 saturated heterocycles. The number of carbonyl (C=O) groups is 1. The monoisotopic (exact) mass is 358 g/mol. The smallest absolute Gasteiger partial charge is 0.455 e. The van der Waals surface area contributed by atoms with Crippen LogP contribution in [-0.2, 0) is 31.0 Å². The zero-order valence-electron chi connectivity index (χ0n) is 12.1. The molecule has 9 heteroatoms. The fraction of sp³-hybridized carbons (Fsp3) is 0.267. The average Bonchev–Trinajstić information content (AvgIpc) is 3.35. The van der Waals surface area contributed by atoms with Gasteiger partial charge in [-0.05, 0) is 21.9 Å². The van der Waals surface area contributed by atoms with Gasteiger partial charge in [-0.3, -0.25) is 4.55 Å². The highest BCUT2D eigenvalue weighted by Crippen LogP contribution is 2.36. The molecule has 0 saturated carbocycles. The third-order valence-corrected chi connectivity index (χ3v) is 4.46. The van der Waals surface area contributed by atoms with Gasteiger partial charge in [0.2, 0.25) is 0 Å². The van der Waals surface area contributed by atoms with E-state index in [2.05, 4.69) is 4.74 Å². The van der Waals surface area contributed by atoms with Crippen LogP contribution in [0.25, 0.3) is 10.8 Å². The number of benzene rings is 2. The molecule has 0 radical (unpaired) electrons. The van der Waals surface area contributed by atoms with Gasteiger partial charge in [0.15, 0.2) is 0 Å². The van der Waals surface area contributed by atoms with Crippen molar-refractivity contribution in [2.75, 3.05) is 6.61 Å². The molecule has 1 atom stereocenters. The van der Waals surface area contributed by atoms with Gasteiger partial charge in [0, 0.05) is 0 Å². The maximum atomic E-state index is 13.2. The molecule has 2 aromatic carbocycles. The molecule has 24 heavy (non-hydrogen) atoms. The zero-order chi connectivity index (χ0) is 17.5. The summed E-state index contributed by atoms with van der Waals surface area (Å²) in [6.45, 7) is 0.0369. The van der Waals surface area contributed by atoms with Crippen molar-refractivity contribution >= 4 is 26.9 Å². The molecule has 1 heterocycles. The van der Waals surface area contributed by atoms with Gasteiger partial charge in [-0.2, -0.15) is 17.2 Å². The highest BCUT2D eigenvalue weighted by Gasteiger charge is 2.54. The normalized spacial score (nSPS) is 17.7. The average molecular weight is 358 g/mol. The predicted octanol–water partition coefficient (Wildman–Crippen LogP) is 2.43. The second-order valence-electron chi connectivity index (χ2n) is 5.25. The zero-order valence-corrected chi connectivity index (χ0v) is 12.9. The van der Waals surface area contributed by atoms with Gasteiger partial charge < -0.3 is 9.47 Å². The van der Waals surface area contributed by atoms with E-state index in [1.54, 1.807) is 30.3 Å². The van der Waals surface area contributed by atoms with E-state index in [1.807, 2.05) is 6.07 Å². The molecule has 0 amide bonds. The van der Waals surface area contributed by atoms with E-state index in [0.29, 0.717) is 17.6 Å². The Morgan fingerprint density at radius 3 is 2.46 bits per heavy atom. The first kappa shape index (κ1) is 16.7. The molecule has 1 aliphatic heterocycles. The van der Waals surface area contributed by atoms with E-state index in [1.165, 1.54) is 0 Å². The van der Waals surface area contributed by atoms with Crippen LogP contribution >= 0.6 is 0 Å². The fourth-order valence-corrected chi connectivity index (χ4v) is 2.62. The molecule has 6 nitrogen and oxygen atoms in total. The van der Waals surface area contributed by atoms with Crippen LogP contribution in [0.5, 0.6) is 0 Å². The minimum atomic E-state index is -5.88. The first-order valence-electron chi connectivity index (χ1n) is 6.86. The van der Waals surface area contributed by atoms with Crippen LogP contribution in [0, 0.1) is 0 Å². The summed E-state index contributed by atoms with van der Waals surface area (Å²) in [6.07, 6.45) is -0.0182. The highest BCUT2D eigenvalue weighted by atomic mass is 32.2. The number of hydrogen-bond donors (Lipinski definition) is 1. The van der Waals surface area contributed by atoms with Crippen LogP contribution in [0.4, 0.5) is 8.78 Å². The molecule has 1 N–H and O–H groups in total. The standard InChI is InChI=1S/C15H12F2O6S/c16-15(17,24(19,20)21)14(18)23-7-9-5-6-12(13-8-22-13)11-4-2-1-3-10(9)11/h1-6,13H,7-8H2,(H,19,20,21). The molecule has 2 aromatic rings. The minimum absolute atomic E-state index is 0.0182. The lowest BCUT2D eigenvalue weighted by molar-refractivity contribution is -0.162. The molecule has 1 fully saturated rings. The lowest BCUT2D eigenvalue weighted by Crippen LogP contribution is -2.38. The third kappa shape index (κ3) is 2.97. The van der Waals surface area contributed by atoms with Crippen molar-refractivity contribution in [1.29, 1.82) is 0 Å². The molecule has 0 aliphatic carbocycles. The largest absolute Gasteiger partial charge is 0.465 e. The molecule has 0 spiro atoms. The lowest BCUT2D eigenvalue weighted by Gasteiger charge is -2.14. The molecule has 3 rings (SSSR count).